The fourth-order valence-corrected chi connectivity index (χ4v) is 4.95. The number of halogens is 1. The van der Waals surface area contributed by atoms with Gasteiger partial charge in [-0.2, -0.15) is 0 Å². The van der Waals surface area contributed by atoms with Crippen molar-refractivity contribution in [2.45, 2.75) is 28.8 Å². The van der Waals surface area contributed by atoms with E-state index in [1.54, 1.807) is 11.8 Å². The second-order valence-electron chi connectivity index (χ2n) is 5.36. The van der Waals surface area contributed by atoms with Crippen LogP contribution in [0.25, 0.3) is 0 Å². The van der Waals surface area contributed by atoms with E-state index < -0.39 is 4.93 Å². The van der Waals surface area contributed by atoms with Crippen molar-refractivity contribution in [2.24, 2.45) is 11.8 Å². The predicted molar refractivity (Wildman–Crippen MR) is 78.0 cm³/mol. The third-order valence-corrected chi connectivity index (χ3v) is 6.16. The van der Waals surface area contributed by atoms with Gasteiger partial charge in [-0.05, 0) is 43.2 Å². The summed E-state index contributed by atoms with van der Waals surface area (Å²) in [5.74, 6) is 0.550. The minimum absolute atomic E-state index is 0.00852. The van der Waals surface area contributed by atoms with Gasteiger partial charge in [0.2, 0.25) is 0 Å². The molecule has 1 aliphatic carbocycles. The van der Waals surface area contributed by atoms with E-state index in [1.165, 1.54) is 0 Å². The zero-order valence-electron chi connectivity index (χ0n) is 10.2. The van der Waals surface area contributed by atoms with E-state index in [0.717, 1.165) is 22.2 Å². The van der Waals surface area contributed by atoms with E-state index in [1.807, 2.05) is 12.1 Å². The van der Waals surface area contributed by atoms with Gasteiger partial charge in [0.15, 0.2) is 0 Å². The summed E-state index contributed by atoms with van der Waals surface area (Å²) in [7, 11) is 0. The summed E-state index contributed by atoms with van der Waals surface area (Å²) < 4.78 is 7.26. The van der Waals surface area contributed by atoms with Crippen LogP contribution in [-0.4, -0.2) is 16.8 Å². The summed E-state index contributed by atoms with van der Waals surface area (Å²) in [5, 5.41) is 0. The number of thioether (sulfide) groups is 1. The Labute approximate surface area is 124 Å². The minimum Gasteiger partial charge on any atom is -0.351 e. The summed E-state index contributed by atoms with van der Waals surface area (Å²) in [6, 6.07) is 8.19. The summed E-state index contributed by atoms with van der Waals surface area (Å²) in [6.45, 7) is 0. The van der Waals surface area contributed by atoms with Crippen LogP contribution in [0.1, 0.15) is 12.8 Å². The molecule has 19 heavy (non-hydrogen) atoms. The van der Waals surface area contributed by atoms with Gasteiger partial charge in [-0.3, -0.25) is 4.79 Å². The molecule has 3 aliphatic rings. The monoisotopic (exact) mass is 336 g/mol. The third kappa shape index (κ3) is 1.77. The molecule has 4 rings (SSSR count). The molecule has 0 spiro atoms. The normalized spacial score (nSPS) is 39.0. The molecule has 4 bridgehead atoms. The Balaban J connectivity index is 1.68. The average molecular weight is 337 g/mol. The topological polar surface area (TPSA) is 26.3 Å². The Bertz CT molecular complexity index is 568. The maximum absolute atomic E-state index is 12.4. The van der Waals surface area contributed by atoms with Crippen LogP contribution in [0.15, 0.2) is 45.8 Å². The Morgan fingerprint density at radius 1 is 1.26 bits per heavy atom. The predicted octanol–water partition coefficient (Wildman–Crippen LogP) is 3.80. The molecule has 1 aromatic rings. The van der Waals surface area contributed by atoms with Crippen LogP contribution in [0.3, 0.4) is 0 Å². The van der Waals surface area contributed by atoms with Crippen LogP contribution >= 0.6 is 27.7 Å². The van der Waals surface area contributed by atoms with Gasteiger partial charge in [0.05, 0.1) is 12.0 Å². The Kier molecular flexibility index (Phi) is 2.70. The number of hydrogen-bond acceptors (Lipinski definition) is 3. The molecule has 4 heteroatoms. The molecule has 1 aromatic carbocycles. The Morgan fingerprint density at radius 3 is 2.84 bits per heavy atom. The maximum atomic E-state index is 12.4. The molecule has 0 amide bonds. The van der Waals surface area contributed by atoms with Crippen LogP contribution < -0.4 is 0 Å². The third-order valence-electron chi connectivity index (χ3n) is 4.29. The lowest BCUT2D eigenvalue weighted by Crippen LogP contribution is -2.45. The van der Waals surface area contributed by atoms with Gasteiger partial charge in [0, 0.05) is 15.3 Å². The van der Waals surface area contributed by atoms with Gasteiger partial charge in [-0.1, -0.05) is 33.8 Å². The molecule has 2 fully saturated rings. The number of benzene rings is 1. The number of fused-ring (bicyclic) bond motifs is 6. The van der Waals surface area contributed by atoms with Crippen molar-refractivity contribution in [3.8, 4) is 0 Å². The van der Waals surface area contributed by atoms with Gasteiger partial charge in [0.25, 0.3) is 0 Å². The van der Waals surface area contributed by atoms with Crippen molar-refractivity contribution < 1.29 is 9.53 Å². The number of ketones is 1. The highest BCUT2D eigenvalue weighted by atomic mass is 79.9. The van der Waals surface area contributed by atoms with E-state index in [4.69, 9.17) is 4.74 Å². The van der Waals surface area contributed by atoms with E-state index in [2.05, 4.69) is 40.2 Å². The summed E-state index contributed by atoms with van der Waals surface area (Å²) in [4.78, 5) is 13.0. The van der Waals surface area contributed by atoms with Crippen LogP contribution in [0.2, 0.25) is 0 Å². The summed E-state index contributed by atoms with van der Waals surface area (Å²) in [5.41, 5.74) is 0. The van der Waals surface area contributed by atoms with Gasteiger partial charge >= 0.3 is 0 Å². The first-order valence-corrected chi connectivity index (χ1v) is 8.14. The first-order chi connectivity index (χ1) is 9.18. The fourth-order valence-electron chi connectivity index (χ4n) is 3.37. The van der Waals surface area contributed by atoms with Gasteiger partial charge in [-0.15, -0.1) is 0 Å². The Morgan fingerprint density at radius 2 is 2.05 bits per heavy atom. The second kappa shape index (κ2) is 4.21. The van der Waals surface area contributed by atoms with Gasteiger partial charge in [-0.25, -0.2) is 0 Å². The standard InChI is InChI=1S/C15H13BrO2S/c16-9-1-3-10(4-2-9)19-15-8-7-13(18-15)11-5-6-12(15)14(11)17/h1-4,7-8,11-13H,5-6H2. The molecular formula is C15H13BrO2S. The van der Waals surface area contributed by atoms with Crippen molar-refractivity contribution in [3.05, 3.63) is 40.9 Å². The van der Waals surface area contributed by atoms with E-state index in [0.29, 0.717) is 5.78 Å². The first kappa shape index (κ1) is 12.2. The molecule has 2 nitrogen and oxygen atoms in total. The maximum Gasteiger partial charge on any atom is 0.147 e. The highest BCUT2D eigenvalue weighted by molar-refractivity contribution is 9.10. The summed E-state index contributed by atoms with van der Waals surface area (Å²) in [6.07, 6.45) is 6.17. The molecule has 4 unspecified atom stereocenters. The minimum atomic E-state index is -0.456. The number of rotatable bonds is 2. The largest absolute Gasteiger partial charge is 0.351 e. The molecule has 1 saturated heterocycles. The lowest BCUT2D eigenvalue weighted by atomic mass is 9.94. The van der Waals surface area contributed by atoms with Crippen LogP contribution in [-0.2, 0) is 9.53 Å². The SMILES string of the molecule is O=C1C2CCC1C1(Sc3ccc(Br)cc3)C=CC2O1. The quantitative estimate of drug-likeness (QED) is 0.768. The molecule has 0 aromatic heterocycles. The van der Waals surface area contributed by atoms with Crippen molar-refractivity contribution >= 4 is 33.5 Å². The zero-order chi connectivity index (χ0) is 13.0. The van der Waals surface area contributed by atoms with Crippen molar-refractivity contribution in [1.29, 1.82) is 0 Å². The number of Topliss-reactive ketones (excluding diaryl/α,β-unsaturated/α-hetero) is 1. The zero-order valence-corrected chi connectivity index (χ0v) is 12.6. The van der Waals surface area contributed by atoms with Crippen LogP contribution in [0.4, 0.5) is 0 Å². The van der Waals surface area contributed by atoms with E-state index in [9.17, 15) is 4.79 Å². The fraction of sp³-hybridized carbons (Fsp3) is 0.400. The van der Waals surface area contributed by atoms with Crippen molar-refractivity contribution in [2.75, 3.05) is 0 Å². The van der Waals surface area contributed by atoms with Gasteiger partial charge in [0.1, 0.15) is 10.7 Å². The molecule has 2 heterocycles. The van der Waals surface area contributed by atoms with Crippen molar-refractivity contribution in [3.63, 3.8) is 0 Å². The molecule has 98 valence electrons. The lowest BCUT2D eigenvalue weighted by molar-refractivity contribution is -0.141. The average Bonchev–Trinajstić information content (AvgIpc) is 2.89. The molecule has 0 radical (unpaired) electrons. The van der Waals surface area contributed by atoms with Gasteiger partial charge < -0.3 is 4.74 Å². The number of carbonyl (C=O) groups excluding carboxylic acids is 1. The Hall–Kier alpha value is -0.580. The van der Waals surface area contributed by atoms with Crippen LogP contribution in [0.5, 0.6) is 0 Å². The smallest absolute Gasteiger partial charge is 0.147 e. The second-order valence-corrected chi connectivity index (χ2v) is 7.59. The number of carbonyl (C=O) groups is 1. The molecule has 4 atom stereocenters. The first-order valence-electron chi connectivity index (χ1n) is 6.53. The molecule has 2 aliphatic heterocycles. The molecule has 0 N–H and O–H groups in total. The van der Waals surface area contributed by atoms with E-state index in [-0.39, 0.29) is 17.9 Å². The highest BCUT2D eigenvalue weighted by Gasteiger charge is 2.59. The van der Waals surface area contributed by atoms with Crippen molar-refractivity contribution in [1.82, 2.24) is 0 Å². The lowest BCUT2D eigenvalue weighted by Gasteiger charge is -2.37. The number of ether oxygens (including phenoxy) is 1. The molecular weight excluding hydrogens is 324 g/mol. The number of hydrogen-bond donors (Lipinski definition) is 0. The van der Waals surface area contributed by atoms with Crippen LogP contribution in [0, 0.1) is 11.8 Å². The van der Waals surface area contributed by atoms with E-state index >= 15 is 0 Å². The highest BCUT2D eigenvalue weighted by Crippen LogP contribution is 2.56. The molecule has 1 saturated carbocycles. The summed E-state index contributed by atoms with van der Waals surface area (Å²) >= 11 is 5.12.